The van der Waals surface area contributed by atoms with Crippen molar-refractivity contribution in [3.63, 3.8) is 0 Å². The number of carboxylic acids is 1. The fraction of sp³-hybridized carbons (Fsp3) is 0.455. The van der Waals surface area contributed by atoms with Crippen molar-refractivity contribution in [2.75, 3.05) is 40.4 Å². The number of fused-ring (bicyclic) bond motifs is 1. The van der Waals surface area contributed by atoms with Crippen molar-refractivity contribution >= 4 is 79.7 Å². The summed E-state index contributed by atoms with van der Waals surface area (Å²) in [6.45, 7) is 13.8. The number of amides is 7. The number of ether oxygens (including phenoxy) is 3. The zero-order valence-electron chi connectivity index (χ0n) is 68.2. The molecule has 14 rings (SSSR count). The van der Waals surface area contributed by atoms with Crippen molar-refractivity contribution in [1.29, 1.82) is 0 Å². The molecule has 0 unspecified atom stereocenters. The molecule has 6 aromatic carbocycles. The van der Waals surface area contributed by atoms with Crippen LogP contribution in [-0.2, 0) is 95.0 Å². The average molecular weight is 1640 g/mol. The van der Waals surface area contributed by atoms with Gasteiger partial charge >= 0.3 is 5.97 Å². The van der Waals surface area contributed by atoms with E-state index in [0.717, 1.165) is 10.8 Å². The lowest BCUT2D eigenvalue weighted by Gasteiger charge is -2.36. The zero-order valence-corrected chi connectivity index (χ0v) is 69.0. The van der Waals surface area contributed by atoms with Crippen LogP contribution in [0.3, 0.4) is 0 Å². The Morgan fingerprint density at radius 1 is 0.636 bits per heavy atom. The van der Waals surface area contributed by atoms with E-state index in [0.29, 0.717) is 63.4 Å². The van der Waals surface area contributed by atoms with Crippen LogP contribution in [0.1, 0.15) is 128 Å². The molecule has 1 saturated carbocycles. The van der Waals surface area contributed by atoms with Gasteiger partial charge in [-0.2, -0.15) is 0 Å². The largest absolute Gasteiger partial charge is 0.490 e. The normalized spacial score (nSPS) is 22.3. The van der Waals surface area contributed by atoms with E-state index in [4.69, 9.17) is 14.2 Å². The number of hydrogen-bond acceptors (Lipinski definition) is 19. The molecule has 2 saturated heterocycles. The molecule has 0 radical (unpaired) electrons. The topological polar surface area (TPSA) is 374 Å². The number of benzene rings is 6. The molecule has 3 fully saturated rings. The van der Waals surface area contributed by atoms with Crippen molar-refractivity contribution in [3.05, 3.63) is 192 Å². The number of likely N-dealkylation sites (N-methyl/N-ethyl adjacent to an activating group) is 2. The second-order valence-electron chi connectivity index (χ2n) is 33.4. The maximum absolute atomic E-state index is 15.4. The third-order valence-corrected chi connectivity index (χ3v) is 24.2. The number of aliphatic carboxylic acids is 1. The predicted molar refractivity (Wildman–Crippen MR) is 439 cm³/mol. The third kappa shape index (κ3) is 23.0. The number of aromatic nitrogens is 3. The number of sulfonamides is 1. The summed E-state index contributed by atoms with van der Waals surface area (Å²) in [4.78, 5) is 149. The number of Topliss-reactive ketones (excluding diaryl/α,β-unsaturated/α-hetero) is 2. The van der Waals surface area contributed by atoms with Crippen molar-refractivity contribution in [1.82, 2.24) is 61.4 Å². The molecule has 7 aliphatic rings. The van der Waals surface area contributed by atoms with E-state index in [9.17, 15) is 41.9 Å². The van der Waals surface area contributed by atoms with E-state index in [1.165, 1.54) is 26.6 Å². The molecule has 30 heteroatoms. The fourth-order valence-corrected chi connectivity index (χ4v) is 16.3. The van der Waals surface area contributed by atoms with Gasteiger partial charge in [-0.3, -0.25) is 47.9 Å². The smallest absolute Gasteiger partial charge is 0.326 e. The van der Waals surface area contributed by atoms with Crippen LogP contribution in [0, 0.1) is 28.5 Å². The van der Waals surface area contributed by atoms with Crippen LogP contribution in [-0.4, -0.2) is 197 Å². The lowest BCUT2D eigenvalue weighted by molar-refractivity contribution is -0.147. The Kier molecular flexibility index (Phi) is 28.7. The number of carboxylic acid groups (broad SMARTS) is 1. The molecule has 10 bridgehead atoms. The lowest BCUT2D eigenvalue weighted by atomic mass is 9.76. The Labute approximate surface area is 687 Å². The fourth-order valence-electron chi connectivity index (χ4n) is 14.9. The van der Waals surface area contributed by atoms with E-state index in [-0.39, 0.29) is 83.6 Å². The van der Waals surface area contributed by atoms with Gasteiger partial charge in [-0.1, -0.05) is 156 Å². The van der Waals surface area contributed by atoms with Crippen LogP contribution in [0.2, 0.25) is 0 Å². The first-order chi connectivity index (χ1) is 56.1. The van der Waals surface area contributed by atoms with Gasteiger partial charge in [-0.15, -0.1) is 5.10 Å². The molecule has 28 nitrogen and oxygen atoms in total. The second kappa shape index (κ2) is 38.5. The molecule has 118 heavy (non-hydrogen) atoms. The number of nitrogens with one attached hydrogen (secondary N) is 7. The Balaban J connectivity index is 0.924. The number of hydrogen-bond donors (Lipinski definition) is 8. The Morgan fingerprint density at radius 2 is 1.25 bits per heavy atom. The summed E-state index contributed by atoms with van der Waals surface area (Å²) in [5, 5.41) is 37.9. The summed E-state index contributed by atoms with van der Waals surface area (Å²) in [5.74, 6) is -9.02. The molecule has 1 aliphatic carbocycles. The first-order valence-corrected chi connectivity index (χ1v) is 41.6. The summed E-state index contributed by atoms with van der Waals surface area (Å²) in [5.41, 5.74) is 2.04. The van der Waals surface area contributed by atoms with Crippen LogP contribution in [0.15, 0.2) is 158 Å². The van der Waals surface area contributed by atoms with Gasteiger partial charge in [0.05, 0.1) is 48.3 Å². The van der Waals surface area contributed by atoms with Gasteiger partial charge in [-0.25, -0.2) is 22.3 Å². The van der Waals surface area contributed by atoms with Gasteiger partial charge in [0.25, 0.3) is 0 Å². The Bertz CT molecular complexity index is 4950. The average Bonchev–Trinajstić information content (AvgIpc) is 1.63. The number of nitrogens with zero attached hydrogens (tertiary/aromatic N) is 5. The monoisotopic (exact) mass is 1640 g/mol. The Morgan fingerprint density at radius 3 is 1.90 bits per heavy atom. The minimum Gasteiger partial charge on any atom is -0.490 e. The summed E-state index contributed by atoms with van der Waals surface area (Å²) in [6, 6.07) is 29.1. The highest BCUT2D eigenvalue weighted by Gasteiger charge is 2.49. The summed E-state index contributed by atoms with van der Waals surface area (Å²) >= 11 is 0. The number of carbonyl (C=O) groups is 10. The van der Waals surface area contributed by atoms with Crippen molar-refractivity contribution < 1.29 is 80.1 Å². The van der Waals surface area contributed by atoms with Crippen molar-refractivity contribution in [3.8, 4) is 22.6 Å². The third-order valence-electron chi connectivity index (χ3n) is 22.4. The van der Waals surface area contributed by atoms with E-state index >= 15 is 24.0 Å². The zero-order chi connectivity index (χ0) is 84.9. The van der Waals surface area contributed by atoms with Crippen molar-refractivity contribution in [2.45, 2.75) is 192 Å². The van der Waals surface area contributed by atoms with Gasteiger partial charge in [0, 0.05) is 63.5 Å². The second-order valence-corrected chi connectivity index (χ2v) is 35.3. The predicted octanol–water partition coefficient (Wildman–Crippen LogP) is 7.25. The van der Waals surface area contributed by atoms with Crippen LogP contribution in [0.25, 0.3) is 21.9 Å². The van der Waals surface area contributed by atoms with Gasteiger partial charge in [0.2, 0.25) is 51.4 Å². The molecule has 7 heterocycles. The Hall–Kier alpha value is -11.1. The van der Waals surface area contributed by atoms with Crippen molar-refractivity contribution in [2.24, 2.45) is 22.7 Å². The minimum absolute atomic E-state index is 0.0136. The quantitative estimate of drug-likeness (QED) is 0.0392. The molecule has 1 aromatic heterocycles. The number of likely N-dealkylation sites (tertiary alicyclic amines) is 2. The van der Waals surface area contributed by atoms with Gasteiger partial charge in [-0.05, 0) is 151 Å². The number of rotatable bonds is 18. The SMILES string of the molecule is CN[C@@H](C)C(=O)C[C@H](C(=O)N1C[C@@H]2C[C@H]1C(=O)N[C@@H](Cc1ccc(-c3cccc(F)c3)cc1)C(=O)C[C@H](C(=O)NS(=O)(=O)C1CC1)Cc1ccc(cc1)OCc1cn(nn1)[C@H]1C[C@@H](C(=O)N[C@@H](Cc3ccc4ccccc4c3)C(=O)N[C@H](C(=O)O)Cc3ccc(cc3)OC/C=C/CO2)N(C(=O)[C@@H](NC(=O)[C@H](C)NC)C(C)(C)C)C1)C(C)(C)C. The first kappa shape index (κ1) is 87.7. The molecule has 628 valence electrons. The minimum atomic E-state index is -4.16. The van der Waals surface area contributed by atoms with Crippen LogP contribution in [0.5, 0.6) is 11.5 Å². The van der Waals surface area contributed by atoms with Crippen LogP contribution >= 0.6 is 0 Å². The van der Waals surface area contributed by atoms with E-state index < -0.39 is 164 Å². The molecular weight excluding hydrogens is 1530 g/mol. The van der Waals surface area contributed by atoms with Crippen LogP contribution in [0.4, 0.5) is 4.39 Å². The highest BCUT2D eigenvalue weighted by Crippen LogP contribution is 2.37. The summed E-state index contributed by atoms with van der Waals surface area (Å²) in [6.07, 6.45) is 3.44. The highest BCUT2D eigenvalue weighted by molar-refractivity contribution is 7.90. The summed E-state index contributed by atoms with van der Waals surface area (Å²) < 4.78 is 64.1. The molecule has 12 atom stereocenters. The summed E-state index contributed by atoms with van der Waals surface area (Å²) in [7, 11) is -0.922. The number of halogens is 1. The van der Waals surface area contributed by atoms with Gasteiger partial charge < -0.3 is 61.0 Å². The molecule has 8 N–H and O–H groups in total. The molecular formula is C88H107FN12O16S. The van der Waals surface area contributed by atoms with E-state index in [2.05, 4.69) is 46.9 Å². The van der Waals surface area contributed by atoms with E-state index in [1.807, 2.05) is 63.2 Å². The van der Waals surface area contributed by atoms with Gasteiger partial charge in [0.15, 0.2) is 5.78 Å². The van der Waals surface area contributed by atoms with Gasteiger partial charge in [0.1, 0.15) is 72.2 Å². The van der Waals surface area contributed by atoms with Crippen LogP contribution < -0.4 is 46.1 Å². The lowest BCUT2D eigenvalue weighted by Crippen LogP contribution is -2.60. The standard InChI is InChI=1S/C88H107FN12O16S/c1-52(90-9)76(102)47-70(87(3,4)5)84(109)100-50-68-46-75(100)83(108)92-71(40-55-20-27-59(28-21-55)61-18-15-19-63(89)43-61)77(103)44-62(80(105)97-118(113,114)69-34-35-69)38-54-23-32-67(33-24-54)117-51-64-48-101(98-96-64)65-45-74(99(49-65)85(110)78(88(6,7)8)95-79(104)53(2)91-10)82(107)93-72(42-57-22-29-58-16-11-12-17-60(58)39-57)81(106)94-73(86(111)112)41-56-25-30-66(31-26-56)115-36-13-14-37-116-68/h11-33,39,43,48,52-53,62,65,68-75,78,90-91H,34-38,40-42,44-47,49-51H2,1-10H3,(H,92,108)(H,93,107)(H,94,106)(H,95,104)(H,97,105)(H,111,112)/b14-13+/t52-,53-,62+,65-,68-,70+,71-,72-,73-,74-,75-,78+/m0/s1. The number of ketones is 2. The first-order valence-electron chi connectivity index (χ1n) is 40.1. The maximum Gasteiger partial charge on any atom is 0.326 e. The molecule has 7 aromatic rings. The number of carbonyl (C=O) groups excluding carboxylic acids is 9. The maximum atomic E-state index is 15.4. The molecule has 7 amide bonds. The van der Waals surface area contributed by atoms with E-state index in [1.54, 1.807) is 152 Å². The highest BCUT2D eigenvalue weighted by atomic mass is 32.2. The molecule has 0 spiro atoms. The molecule has 6 aliphatic heterocycles.